The van der Waals surface area contributed by atoms with Crippen LogP contribution in [0.4, 0.5) is 5.69 Å². The highest BCUT2D eigenvalue weighted by atomic mass is 16.3. The molecule has 0 atom stereocenters. The predicted molar refractivity (Wildman–Crippen MR) is 95.4 cm³/mol. The van der Waals surface area contributed by atoms with E-state index in [2.05, 4.69) is 36.3 Å². The largest absolute Gasteiger partial charge is 0.396 e. The molecule has 1 aromatic heterocycles. The number of benzene rings is 1. The number of aromatic amines is 1. The molecule has 4 heteroatoms. The van der Waals surface area contributed by atoms with E-state index < -0.39 is 0 Å². The van der Waals surface area contributed by atoms with Gasteiger partial charge >= 0.3 is 0 Å². The first kappa shape index (κ1) is 17.0. The van der Waals surface area contributed by atoms with E-state index in [1.165, 1.54) is 11.3 Å². The molecule has 0 spiro atoms. The van der Waals surface area contributed by atoms with Crippen molar-refractivity contribution in [2.24, 2.45) is 0 Å². The number of aryl methyl sites for hydroxylation is 2. The Morgan fingerprint density at radius 1 is 1.39 bits per heavy atom. The SMILES string of the molecule is CCc1cc(C)c(/C=C(\C)c2c(CCO)cccc2NC=O)[nH]1. The summed E-state index contributed by atoms with van der Waals surface area (Å²) in [5, 5.41) is 12.1. The normalized spacial score (nSPS) is 11.6. The van der Waals surface area contributed by atoms with Gasteiger partial charge in [0.1, 0.15) is 0 Å². The van der Waals surface area contributed by atoms with E-state index >= 15 is 0 Å². The van der Waals surface area contributed by atoms with Crippen molar-refractivity contribution in [1.29, 1.82) is 0 Å². The molecule has 0 bridgehead atoms. The fourth-order valence-corrected chi connectivity index (χ4v) is 2.85. The molecule has 0 fully saturated rings. The van der Waals surface area contributed by atoms with Crippen LogP contribution >= 0.6 is 0 Å². The lowest BCUT2D eigenvalue weighted by molar-refractivity contribution is -0.105. The maximum absolute atomic E-state index is 10.9. The van der Waals surface area contributed by atoms with Crippen molar-refractivity contribution in [3.8, 4) is 0 Å². The number of aromatic nitrogens is 1. The standard InChI is InChI=1S/C19H24N2O2/c1-4-16-10-13(2)18(21-16)11-14(3)19-15(8-9-22)6-5-7-17(19)20-12-23/h5-7,10-12,21-22H,4,8-9H2,1-3H3,(H,20,23)/b14-11+. The first-order valence-electron chi connectivity index (χ1n) is 7.90. The zero-order valence-electron chi connectivity index (χ0n) is 13.9. The Morgan fingerprint density at radius 2 is 2.17 bits per heavy atom. The van der Waals surface area contributed by atoms with E-state index in [4.69, 9.17) is 0 Å². The van der Waals surface area contributed by atoms with Gasteiger partial charge in [0.05, 0.1) is 0 Å². The highest BCUT2D eigenvalue weighted by molar-refractivity contribution is 5.90. The summed E-state index contributed by atoms with van der Waals surface area (Å²) in [6.07, 6.45) is 4.30. The van der Waals surface area contributed by atoms with E-state index in [0.29, 0.717) is 12.8 Å². The molecule has 0 saturated carbocycles. The maximum Gasteiger partial charge on any atom is 0.211 e. The van der Waals surface area contributed by atoms with Gasteiger partial charge in [-0.15, -0.1) is 0 Å². The molecule has 0 aliphatic heterocycles. The first-order valence-corrected chi connectivity index (χ1v) is 7.90. The molecule has 1 amide bonds. The molecule has 2 aromatic rings. The summed E-state index contributed by atoms with van der Waals surface area (Å²) in [5.41, 5.74) is 7.29. The van der Waals surface area contributed by atoms with Gasteiger partial charge in [0.15, 0.2) is 0 Å². The number of aliphatic hydroxyl groups excluding tert-OH is 1. The minimum Gasteiger partial charge on any atom is -0.396 e. The van der Waals surface area contributed by atoms with Crippen LogP contribution in [-0.2, 0) is 17.6 Å². The van der Waals surface area contributed by atoms with Gasteiger partial charge in [-0.3, -0.25) is 4.79 Å². The number of hydrogen-bond donors (Lipinski definition) is 3. The van der Waals surface area contributed by atoms with Crippen LogP contribution in [0.3, 0.4) is 0 Å². The zero-order valence-corrected chi connectivity index (χ0v) is 13.9. The molecule has 0 aliphatic carbocycles. The molecule has 23 heavy (non-hydrogen) atoms. The Bertz CT molecular complexity index is 714. The number of amides is 1. The van der Waals surface area contributed by atoms with E-state index in [1.807, 2.05) is 25.1 Å². The van der Waals surface area contributed by atoms with Crippen molar-refractivity contribution in [3.63, 3.8) is 0 Å². The minimum atomic E-state index is 0.0757. The lowest BCUT2D eigenvalue weighted by atomic mass is 9.95. The quantitative estimate of drug-likeness (QED) is 0.685. The summed E-state index contributed by atoms with van der Waals surface area (Å²) in [6.45, 7) is 6.30. The van der Waals surface area contributed by atoms with E-state index in [9.17, 15) is 9.90 Å². The number of carbonyl (C=O) groups excluding carboxylic acids is 1. The summed E-state index contributed by atoms with van der Waals surface area (Å²) in [6, 6.07) is 7.91. The number of allylic oxidation sites excluding steroid dienone is 1. The van der Waals surface area contributed by atoms with Gasteiger partial charge in [0.25, 0.3) is 0 Å². The first-order chi connectivity index (χ1) is 11.1. The van der Waals surface area contributed by atoms with Crippen LogP contribution in [0.1, 0.15) is 41.9 Å². The smallest absolute Gasteiger partial charge is 0.211 e. The second kappa shape index (κ2) is 7.79. The molecule has 3 N–H and O–H groups in total. The minimum absolute atomic E-state index is 0.0757. The van der Waals surface area contributed by atoms with Gasteiger partial charge in [-0.05, 0) is 61.6 Å². The number of aliphatic hydroxyl groups is 1. The molecule has 0 aliphatic rings. The molecule has 0 radical (unpaired) electrons. The number of anilines is 1. The summed E-state index contributed by atoms with van der Waals surface area (Å²) < 4.78 is 0. The molecule has 2 rings (SSSR count). The maximum atomic E-state index is 10.9. The highest BCUT2D eigenvalue weighted by Gasteiger charge is 2.11. The van der Waals surface area contributed by atoms with Crippen LogP contribution in [-0.4, -0.2) is 23.1 Å². The van der Waals surface area contributed by atoms with Crippen molar-refractivity contribution in [3.05, 3.63) is 52.3 Å². The van der Waals surface area contributed by atoms with Gasteiger partial charge in [-0.2, -0.15) is 0 Å². The van der Waals surface area contributed by atoms with Gasteiger partial charge < -0.3 is 15.4 Å². The third kappa shape index (κ3) is 3.90. The van der Waals surface area contributed by atoms with E-state index in [0.717, 1.165) is 34.5 Å². The lowest BCUT2D eigenvalue weighted by Gasteiger charge is -2.14. The van der Waals surface area contributed by atoms with Crippen LogP contribution in [0.25, 0.3) is 11.6 Å². The number of rotatable bonds is 7. The van der Waals surface area contributed by atoms with Crippen molar-refractivity contribution in [1.82, 2.24) is 4.98 Å². The topological polar surface area (TPSA) is 65.1 Å². The zero-order chi connectivity index (χ0) is 16.8. The molecule has 4 nitrogen and oxygen atoms in total. The average molecular weight is 312 g/mol. The number of carbonyl (C=O) groups is 1. The van der Waals surface area contributed by atoms with Crippen molar-refractivity contribution >= 4 is 23.7 Å². The summed E-state index contributed by atoms with van der Waals surface area (Å²) in [5.74, 6) is 0. The fraction of sp³-hybridized carbons (Fsp3) is 0.316. The Kier molecular flexibility index (Phi) is 5.77. The van der Waals surface area contributed by atoms with Crippen LogP contribution in [0.2, 0.25) is 0 Å². The molecule has 0 unspecified atom stereocenters. The van der Waals surface area contributed by atoms with Gasteiger partial charge in [0.2, 0.25) is 6.41 Å². The second-order valence-electron chi connectivity index (χ2n) is 5.65. The van der Waals surface area contributed by atoms with Crippen molar-refractivity contribution < 1.29 is 9.90 Å². The monoisotopic (exact) mass is 312 g/mol. The number of hydrogen-bond acceptors (Lipinski definition) is 2. The van der Waals surface area contributed by atoms with Crippen LogP contribution in [0.5, 0.6) is 0 Å². The third-order valence-electron chi connectivity index (χ3n) is 3.99. The molecule has 1 aromatic carbocycles. The van der Waals surface area contributed by atoms with Crippen LogP contribution in [0.15, 0.2) is 24.3 Å². The van der Waals surface area contributed by atoms with Gasteiger partial charge in [0, 0.05) is 29.2 Å². The van der Waals surface area contributed by atoms with E-state index in [-0.39, 0.29) is 6.61 Å². The number of H-pyrrole nitrogens is 1. The third-order valence-corrected chi connectivity index (χ3v) is 3.99. The fourth-order valence-electron chi connectivity index (χ4n) is 2.85. The molecular weight excluding hydrogens is 288 g/mol. The molecule has 1 heterocycles. The van der Waals surface area contributed by atoms with Crippen molar-refractivity contribution in [2.75, 3.05) is 11.9 Å². The van der Waals surface area contributed by atoms with E-state index in [1.54, 1.807) is 0 Å². The predicted octanol–water partition coefficient (Wildman–Crippen LogP) is 3.55. The molecular formula is C19H24N2O2. The summed E-state index contributed by atoms with van der Waals surface area (Å²) >= 11 is 0. The summed E-state index contributed by atoms with van der Waals surface area (Å²) in [7, 11) is 0. The Hall–Kier alpha value is -2.33. The van der Waals surface area contributed by atoms with Crippen LogP contribution in [0, 0.1) is 6.92 Å². The second-order valence-corrected chi connectivity index (χ2v) is 5.65. The lowest BCUT2D eigenvalue weighted by Crippen LogP contribution is -2.03. The average Bonchev–Trinajstić information content (AvgIpc) is 2.88. The van der Waals surface area contributed by atoms with Gasteiger partial charge in [-0.25, -0.2) is 0 Å². The molecule has 0 saturated heterocycles. The highest BCUT2D eigenvalue weighted by Crippen LogP contribution is 2.30. The van der Waals surface area contributed by atoms with Crippen LogP contribution < -0.4 is 5.32 Å². The Labute approximate surface area is 137 Å². The summed E-state index contributed by atoms with van der Waals surface area (Å²) in [4.78, 5) is 14.3. The molecule has 122 valence electrons. The Morgan fingerprint density at radius 3 is 2.78 bits per heavy atom. The Balaban J connectivity index is 2.51. The number of nitrogens with one attached hydrogen (secondary N) is 2. The van der Waals surface area contributed by atoms with Crippen molar-refractivity contribution in [2.45, 2.75) is 33.6 Å². The van der Waals surface area contributed by atoms with Gasteiger partial charge in [-0.1, -0.05) is 19.1 Å².